The van der Waals surface area contributed by atoms with Gasteiger partial charge in [-0.25, -0.2) is 0 Å². The lowest BCUT2D eigenvalue weighted by Crippen LogP contribution is -2.34. The molecule has 1 aromatic rings. The minimum atomic E-state index is 0.101. The molecule has 0 aliphatic carbocycles. The zero-order valence-electron chi connectivity index (χ0n) is 11.2. The van der Waals surface area contributed by atoms with E-state index in [1.807, 2.05) is 25.6 Å². The van der Waals surface area contributed by atoms with Crippen LogP contribution in [0.4, 0.5) is 0 Å². The van der Waals surface area contributed by atoms with Gasteiger partial charge in [-0.1, -0.05) is 13.8 Å². The van der Waals surface area contributed by atoms with Gasteiger partial charge in [0, 0.05) is 26.1 Å². The molecule has 1 rings (SSSR count). The fourth-order valence-corrected chi connectivity index (χ4v) is 1.83. The molecule has 3 N–H and O–H groups in total. The lowest BCUT2D eigenvalue weighted by atomic mass is 10.1. The van der Waals surface area contributed by atoms with E-state index in [2.05, 4.69) is 23.0 Å². The number of hydrogen-bond donors (Lipinski definition) is 2. The lowest BCUT2D eigenvalue weighted by Gasteiger charge is -2.23. The number of aryl methyl sites for hydroxylation is 2. The fourth-order valence-electron chi connectivity index (χ4n) is 1.83. The van der Waals surface area contributed by atoms with Gasteiger partial charge in [-0.2, -0.15) is 5.10 Å². The molecule has 1 atom stereocenters. The summed E-state index contributed by atoms with van der Waals surface area (Å²) in [6, 6.07) is 2.10. The molecule has 1 heterocycles. The Bertz CT molecular complexity index is 382. The molecule has 0 amide bonds. The summed E-state index contributed by atoms with van der Waals surface area (Å²) in [4.78, 5) is 2.28. The van der Waals surface area contributed by atoms with E-state index in [9.17, 15) is 0 Å². The summed E-state index contributed by atoms with van der Waals surface area (Å²) in [7, 11) is 1.96. The predicted octanol–water partition coefficient (Wildman–Crippen LogP) is 1.12. The van der Waals surface area contributed by atoms with Gasteiger partial charge in [0.1, 0.15) is 0 Å². The summed E-state index contributed by atoms with van der Waals surface area (Å²) in [6.45, 7) is 8.72. The van der Waals surface area contributed by atoms with E-state index in [4.69, 9.17) is 11.1 Å². The summed E-state index contributed by atoms with van der Waals surface area (Å²) < 4.78 is 1.91. The van der Waals surface area contributed by atoms with Crippen molar-refractivity contribution >= 4 is 5.84 Å². The molecule has 1 unspecified atom stereocenters. The molecule has 0 aliphatic rings. The van der Waals surface area contributed by atoms with E-state index in [1.54, 1.807) is 0 Å². The molecule has 0 aliphatic heterocycles. The van der Waals surface area contributed by atoms with E-state index in [-0.39, 0.29) is 11.8 Å². The zero-order valence-corrected chi connectivity index (χ0v) is 11.2. The third kappa shape index (κ3) is 3.85. The molecule has 0 radical (unpaired) electrons. The topological polar surface area (TPSA) is 70.9 Å². The fraction of sp³-hybridized carbons (Fsp3) is 0.667. The van der Waals surface area contributed by atoms with Crippen molar-refractivity contribution in [2.75, 3.05) is 13.1 Å². The molecule has 0 bridgehead atoms. The maximum Gasteiger partial charge on any atom is 0.0947 e. The number of nitrogens with zero attached hydrogens (tertiary/aromatic N) is 3. The highest BCUT2D eigenvalue weighted by Gasteiger charge is 2.13. The summed E-state index contributed by atoms with van der Waals surface area (Å²) in [5.74, 6) is 0.355. The number of amidine groups is 1. The Morgan fingerprint density at radius 2 is 2.29 bits per heavy atom. The van der Waals surface area contributed by atoms with E-state index in [0.29, 0.717) is 0 Å². The number of hydrogen-bond acceptors (Lipinski definition) is 3. The molecule has 0 saturated carbocycles. The second kappa shape index (κ2) is 5.82. The predicted molar refractivity (Wildman–Crippen MR) is 70.0 cm³/mol. The Morgan fingerprint density at radius 1 is 1.65 bits per heavy atom. The molecule has 96 valence electrons. The second-order valence-corrected chi connectivity index (χ2v) is 4.58. The summed E-state index contributed by atoms with van der Waals surface area (Å²) in [5.41, 5.74) is 7.74. The Labute approximate surface area is 103 Å². The van der Waals surface area contributed by atoms with Crippen molar-refractivity contribution in [3.05, 3.63) is 17.5 Å². The summed E-state index contributed by atoms with van der Waals surface area (Å²) >= 11 is 0. The van der Waals surface area contributed by atoms with Crippen molar-refractivity contribution in [3.63, 3.8) is 0 Å². The van der Waals surface area contributed by atoms with Crippen molar-refractivity contribution in [1.82, 2.24) is 14.7 Å². The van der Waals surface area contributed by atoms with E-state index < -0.39 is 0 Å². The van der Waals surface area contributed by atoms with Gasteiger partial charge >= 0.3 is 0 Å². The third-order valence-electron chi connectivity index (χ3n) is 2.99. The van der Waals surface area contributed by atoms with Crippen LogP contribution in [-0.4, -0.2) is 33.6 Å². The SMILES string of the molecule is CCN(Cc1cc(C)nn1C)CC(C)C(=N)N. The number of nitrogens with one attached hydrogen (secondary N) is 1. The van der Waals surface area contributed by atoms with Crippen LogP contribution in [-0.2, 0) is 13.6 Å². The van der Waals surface area contributed by atoms with Crippen LogP contribution in [0.5, 0.6) is 0 Å². The highest BCUT2D eigenvalue weighted by Crippen LogP contribution is 2.08. The minimum Gasteiger partial charge on any atom is -0.387 e. The van der Waals surface area contributed by atoms with E-state index in [0.717, 1.165) is 25.3 Å². The molecular weight excluding hydrogens is 214 g/mol. The van der Waals surface area contributed by atoms with Gasteiger partial charge in [-0.05, 0) is 19.5 Å². The lowest BCUT2D eigenvalue weighted by molar-refractivity contribution is 0.256. The van der Waals surface area contributed by atoms with Crippen LogP contribution in [0.15, 0.2) is 6.07 Å². The van der Waals surface area contributed by atoms with Crippen molar-refractivity contribution in [3.8, 4) is 0 Å². The smallest absolute Gasteiger partial charge is 0.0947 e. The number of nitrogens with two attached hydrogens (primary N) is 1. The second-order valence-electron chi connectivity index (χ2n) is 4.58. The first-order chi connectivity index (χ1) is 7.93. The first-order valence-electron chi connectivity index (χ1n) is 5.99. The Hall–Kier alpha value is -1.36. The molecule has 5 nitrogen and oxygen atoms in total. The third-order valence-corrected chi connectivity index (χ3v) is 2.99. The Morgan fingerprint density at radius 3 is 2.71 bits per heavy atom. The van der Waals surface area contributed by atoms with Crippen LogP contribution in [0.3, 0.4) is 0 Å². The van der Waals surface area contributed by atoms with Crippen molar-refractivity contribution in [1.29, 1.82) is 5.41 Å². The first kappa shape index (κ1) is 13.7. The van der Waals surface area contributed by atoms with Crippen LogP contribution < -0.4 is 5.73 Å². The zero-order chi connectivity index (χ0) is 13.0. The van der Waals surface area contributed by atoms with Gasteiger partial charge in [0.2, 0.25) is 0 Å². The molecular formula is C12H23N5. The first-order valence-corrected chi connectivity index (χ1v) is 5.99. The molecule has 0 spiro atoms. The molecule has 0 saturated heterocycles. The standard InChI is InChI=1S/C12H23N5/c1-5-17(7-9(2)12(13)14)8-11-6-10(3)15-16(11)4/h6,9H,5,7-8H2,1-4H3,(H3,13,14). The van der Waals surface area contributed by atoms with Gasteiger partial charge < -0.3 is 5.73 Å². The molecule has 1 aromatic heterocycles. The van der Waals surface area contributed by atoms with Crippen LogP contribution in [0.1, 0.15) is 25.2 Å². The average Bonchev–Trinajstić information content (AvgIpc) is 2.56. The van der Waals surface area contributed by atoms with Gasteiger partial charge in [-0.3, -0.25) is 15.0 Å². The molecule has 0 fully saturated rings. The van der Waals surface area contributed by atoms with Crippen molar-refractivity contribution in [2.24, 2.45) is 18.7 Å². The van der Waals surface area contributed by atoms with Crippen LogP contribution in [0.25, 0.3) is 0 Å². The quantitative estimate of drug-likeness (QED) is 0.575. The van der Waals surface area contributed by atoms with E-state index in [1.165, 1.54) is 5.69 Å². The highest BCUT2D eigenvalue weighted by atomic mass is 15.3. The Kier molecular flexibility index (Phi) is 4.69. The summed E-state index contributed by atoms with van der Waals surface area (Å²) in [6.07, 6.45) is 0. The van der Waals surface area contributed by atoms with Crippen molar-refractivity contribution < 1.29 is 0 Å². The molecule has 5 heteroatoms. The molecule has 0 aromatic carbocycles. The van der Waals surface area contributed by atoms with Gasteiger partial charge in [-0.15, -0.1) is 0 Å². The maximum atomic E-state index is 7.43. The van der Waals surface area contributed by atoms with Crippen LogP contribution >= 0.6 is 0 Å². The Balaban J connectivity index is 2.64. The number of aromatic nitrogens is 2. The minimum absolute atomic E-state index is 0.101. The van der Waals surface area contributed by atoms with Gasteiger partial charge in [0.05, 0.1) is 17.2 Å². The number of rotatable bonds is 6. The summed E-state index contributed by atoms with van der Waals surface area (Å²) in [5, 5.41) is 11.8. The van der Waals surface area contributed by atoms with Gasteiger partial charge in [0.25, 0.3) is 0 Å². The molecule has 17 heavy (non-hydrogen) atoms. The van der Waals surface area contributed by atoms with Crippen LogP contribution in [0.2, 0.25) is 0 Å². The van der Waals surface area contributed by atoms with Crippen LogP contribution in [0, 0.1) is 18.3 Å². The normalized spacial score (nSPS) is 13.0. The average molecular weight is 237 g/mol. The highest BCUT2D eigenvalue weighted by molar-refractivity contribution is 5.79. The van der Waals surface area contributed by atoms with E-state index >= 15 is 0 Å². The van der Waals surface area contributed by atoms with Crippen molar-refractivity contribution in [2.45, 2.75) is 27.3 Å². The monoisotopic (exact) mass is 237 g/mol. The van der Waals surface area contributed by atoms with Gasteiger partial charge in [0.15, 0.2) is 0 Å². The maximum absolute atomic E-state index is 7.43. The largest absolute Gasteiger partial charge is 0.387 e.